The third-order valence-corrected chi connectivity index (χ3v) is 11.9. The van der Waals surface area contributed by atoms with Gasteiger partial charge in [0.05, 0.1) is 29.2 Å². The van der Waals surface area contributed by atoms with Gasteiger partial charge < -0.3 is 19.8 Å². The molecule has 3 aliphatic heterocycles. The number of anilines is 1. The number of aliphatic hydroxyl groups is 1. The fourth-order valence-corrected chi connectivity index (χ4v) is 10.3. The number of likely N-dealkylation sites (tertiary alicyclic amines) is 1. The van der Waals surface area contributed by atoms with Gasteiger partial charge in [-0.1, -0.05) is 67.6 Å². The van der Waals surface area contributed by atoms with E-state index in [2.05, 4.69) is 20.1 Å². The fraction of sp³-hybridized carbons (Fsp3) is 0.472. The number of carbonyl (C=O) groups excluding carboxylic acids is 3. The number of aliphatic hydroxyl groups excluding tert-OH is 1. The van der Waals surface area contributed by atoms with E-state index in [0.717, 1.165) is 28.8 Å². The molecule has 7 nitrogen and oxygen atoms in total. The molecular formula is C36H45N3O4S. The molecule has 6 atom stereocenters. The van der Waals surface area contributed by atoms with Crippen LogP contribution in [0.25, 0.3) is 0 Å². The Morgan fingerprint density at radius 2 is 1.70 bits per heavy atom. The van der Waals surface area contributed by atoms with Crippen LogP contribution < -0.4 is 4.90 Å². The van der Waals surface area contributed by atoms with Crippen LogP contribution in [-0.2, 0) is 20.9 Å². The first-order chi connectivity index (χ1) is 21.1. The van der Waals surface area contributed by atoms with E-state index < -0.39 is 33.4 Å². The van der Waals surface area contributed by atoms with Crippen molar-refractivity contribution in [3.8, 4) is 0 Å². The molecular weight excluding hydrogens is 570 g/mol. The zero-order chi connectivity index (χ0) is 31.8. The van der Waals surface area contributed by atoms with Gasteiger partial charge in [0.1, 0.15) is 6.04 Å². The van der Waals surface area contributed by atoms with E-state index in [1.54, 1.807) is 38.6 Å². The van der Waals surface area contributed by atoms with Crippen molar-refractivity contribution >= 4 is 35.2 Å². The molecule has 0 saturated carbocycles. The van der Waals surface area contributed by atoms with Crippen molar-refractivity contribution in [3.05, 3.63) is 90.5 Å². The molecule has 3 fully saturated rings. The Bertz CT molecular complexity index is 1420. The van der Waals surface area contributed by atoms with Gasteiger partial charge in [0.15, 0.2) is 0 Å². The molecule has 1 spiro atoms. The van der Waals surface area contributed by atoms with Gasteiger partial charge in [-0.05, 0) is 56.7 Å². The number of carbonyl (C=O) groups is 3. The number of amides is 3. The summed E-state index contributed by atoms with van der Waals surface area (Å²) >= 11 is 1.66. The fourth-order valence-electron chi connectivity index (χ4n) is 8.01. The molecule has 2 aromatic rings. The molecule has 3 amide bonds. The largest absolute Gasteiger partial charge is 0.394 e. The summed E-state index contributed by atoms with van der Waals surface area (Å²) in [6, 6.07) is 14.4. The molecule has 2 unspecified atom stereocenters. The summed E-state index contributed by atoms with van der Waals surface area (Å²) in [4.78, 5) is 49.5. The molecule has 234 valence electrons. The van der Waals surface area contributed by atoms with Crippen molar-refractivity contribution < 1.29 is 19.5 Å². The van der Waals surface area contributed by atoms with Crippen molar-refractivity contribution in [3.63, 3.8) is 0 Å². The maximum Gasteiger partial charge on any atom is 0.251 e. The van der Waals surface area contributed by atoms with Crippen LogP contribution in [0.15, 0.2) is 73.8 Å². The summed E-state index contributed by atoms with van der Waals surface area (Å²) < 4.78 is -1.28. The molecule has 3 aliphatic rings. The number of benzene rings is 2. The lowest BCUT2D eigenvalue weighted by Gasteiger charge is -2.40. The van der Waals surface area contributed by atoms with E-state index in [-0.39, 0.29) is 30.9 Å². The van der Waals surface area contributed by atoms with Gasteiger partial charge in [-0.2, -0.15) is 0 Å². The zero-order valence-electron chi connectivity index (χ0n) is 26.4. The van der Waals surface area contributed by atoms with Crippen LogP contribution >= 0.6 is 11.8 Å². The molecule has 0 radical (unpaired) electrons. The summed E-state index contributed by atoms with van der Waals surface area (Å²) in [6.07, 6.45) is 5.32. The van der Waals surface area contributed by atoms with Gasteiger partial charge >= 0.3 is 0 Å². The standard InChI is InChI=1S/C36H45N3O4S/c1-7-20-37(22-26-16-11-10-12-17-26)32(41)28-29-33(42)39(27(9-3)23-40)31(36(29)19-18-35(28,6)44-36)34(43)38(21-8-2)30-24(4)14-13-15-25(30)5/h7-8,10-17,27-29,31,40H,1-2,9,18-23H2,3-6H3/t27-,28+,29-,31?,35-,36?/m0/s1. The Hall–Kier alpha value is -3.36. The molecule has 1 N–H and O–H groups in total. The zero-order valence-corrected chi connectivity index (χ0v) is 27.2. The molecule has 2 aromatic carbocycles. The summed E-state index contributed by atoms with van der Waals surface area (Å²) in [5.41, 5.74) is 3.75. The van der Waals surface area contributed by atoms with Gasteiger partial charge in [-0.25, -0.2) is 0 Å². The van der Waals surface area contributed by atoms with E-state index >= 15 is 0 Å². The minimum absolute atomic E-state index is 0.0773. The number of rotatable bonds is 12. The minimum atomic E-state index is -0.817. The molecule has 44 heavy (non-hydrogen) atoms. The SMILES string of the molecule is C=CCN(Cc1ccccc1)C(=O)[C@H]1[C@H]2C(=O)N([C@@H](CC)CO)C(C(=O)N(CC=C)c3c(C)cccc3C)C23CC[C@]1(C)S3. The second-order valence-electron chi connectivity index (χ2n) is 12.7. The maximum atomic E-state index is 15.0. The van der Waals surface area contributed by atoms with Crippen LogP contribution in [-0.4, -0.2) is 73.9 Å². The Balaban J connectivity index is 1.61. The number of aryl methyl sites for hydroxylation is 2. The molecule has 0 aromatic heterocycles. The number of thioether (sulfide) groups is 1. The summed E-state index contributed by atoms with van der Waals surface area (Å²) in [7, 11) is 0. The van der Waals surface area contributed by atoms with E-state index in [4.69, 9.17) is 0 Å². The highest BCUT2D eigenvalue weighted by Gasteiger charge is 2.78. The smallest absolute Gasteiger partial charge is 0.251 e. The highest BCUT2D eigenvalue weighted by atomic mass is 32.2. The van der Waals surface area contributed by atoms with E-state index in [9.17, 15) is 19.5 Å². The van der Waals surface area contributed by atoms with Crippen molar-refractivity contribution in [1.29, 1.82) is 0 Å². The highest BCUT2D eigenvalue weighted by molar-refractivity contribution is 8.02. The Morgan fingerprint density at radius 1 is 1.05 bits per heavy atom. The van der Waals surface area contributed by atoms with Crippen LogP contribution in [0.5, 0.6) is 0 Å². The lowest BCUT2D eigenvalue weighted by Crippen LogP contribution is -2.57. The van der Waals surface area contributed by atoms with Crippen molar-refractivity contribution in [2.75, 3.05) is 24.6 Å². The molecule has 2 bridgehead atoms. The Kier molecular flexibility index (Phi) is 9.15. The van der Waals surface area contributed by atoms with Gasteiger partial charge in [0.25, 0.3) is 5.91 Å². The molecule has 3 heterocycles. The van der Waals surface area contributed by atoms with Gasteiger partial charge in [-0.3, -0.25) is 14.4 Å². The third kappa shape index (κ3) is 5.10. The second-order valence-corrected chi connectivity index (χ2v) is 14.6. The number of hydrogen-bond donors (Lipinski definition) is 1. The summed E-state index contributed by atoms with van der Waals surface area (Å²) in [6.45, 7) is 16.7. The molecule has 8 heteroatoms. The lowest BCUT2D eigenvalue weighted by molar-refractivity contribution is -0.146. The topological polar surface area (TPSA) is 81.2 Å². The van der Waals surface area contributed by atoms with Crippen molar-refractivity contribution in [2.24, 2.45) is 11.8 Å². The predicted octanol–water partition coefficient (Wildman–Crippen LogP) is 5.29. The Morgan fingerprint density at radius 3 is 2.30 bits per heavy atom. The first kappa shape index (κ1) is 32.0. The van der Waals surface area contributed by atoms with Gasteiger partial charge in [0, 0.05) is 30.1 Å². The van der Waals surface area contributed by atoms with E-state index in [1.165, 1.54) is 0 Å². The quantitative estimate of drug-likeness (QED) is 0.329. The third-order valence-electron chi connectivity index (χ3n) is 9.95. The lowest BCUT2D eigenvalue weighted by atomic mass is 9.66. The summed E-state index contributed by atoms with van der Waals surface area (Å²) in [5, 5.41) is 10.5. The van der Waals surface area contributed by atoms with Crippen molar-refractivity contribution in [1.82, 2.24) is 9.80 Å². The minimum Gasteiger partial charge on any atom is -0.394 e. The maximum absolute atomic E-state index is 15.0. The van der Waals surface area contributed by atoms with E-state index in [0.29, 0.717) is 25.9 Å². The molecule has 3 saturated heterocycles. The van der Waals surface area contributed by atoms with E-state index in [1.807, 2.05) is 69.3 Å². The van der Waals surface area contributed by atoms with Gasteiger partial charge in [0.2, 0.25) is 11.8 Å². The van der Waals surface area contributed by atoms with Crippen LogP contribution in [0.1, 0.15) is 49.8 Å². The Labute approximate surface area is 266 Å². The second kappa shape index (κ2) is 12.6. The average Bonchev–Trinajstić information content (AvgIpc) is 3.58. The first-order valence-electron chi connectivity index (χ1n) is 15.6. The van der Waals surface area contributed by atoms with Gasteiger partial charge in [-0.15, -0.1) is 24.9 Å². The van der Waals surface area contributed by atoms with Crippen LogP contribution in [0.3, 0.4) is 0 Å². The highest BCUT2D eigenvalue weighted by Crippen LogP contribution is 2.72. The van der Waals surface area contributed by atoms with Crippen LogP contribution in [0, 0.1) is 25.7 Å². The summed E-state index contributed by atoms with van der Waals surface area (Å²) in [5.74, 6) is -1.72. The normalized spacial score (nSPS) is 27.6. The predicted molar refractivity (Wildman–Crippen MR) is 177 cm³/mol. The molecule has 5 rings (SSSR count). The number of fused-ring (bicyclic) bond motifs is 1. The molecule has 0 aliphatic carbocycles. The van der Waals surface area contributed by atoms with Crippen molar-refractivity contribution in [2.45, 2.75) is 75.1 Å². The number of para-hydroxylation sites is 1. The number of hydrogen-bond acceptors (Lipinski definition) is 5. The van der Waals surface area contributed by atoms with Crippen LogP contribution in [0.4, 0.5) is 5.69 Å². The monoisotopic (exact) mass is 615 g/mol. The number of nitrogens with zero attached hydrogens (tertiary/aromatic N) is 3. The average molecular weight is 616 g/mol. The first-order valence-corrected chi connectivity index (χ1v) is 16.5. The van der Waals surface area contributed by atoms with Crippen LogP contribution in [0.2, 0.25) is 0 Å².